The normalized spacial score (nSPS) is 14.1. The quantitative estimate of drug-likeness (QED) is 0.0725. The van der Waals surface area contributed by atoms with E-state index in [1.165, 1.54) is 180 Å². The molecule has 2 aromatic rings. The number of rotatable bonds is 34. The van der Waals surface area contributed by atoms with Crippen LogP contribution in [0.25, 0.3) is 5.57 Å². The number of unbranched alkanes of at least 4 members (excludes halogenated alkanes) is 26. The molecule has 0 heterocycles. The first kappa shape index (κ1) is 45.6. The van der Waals surface area contributed by atoms with Crippen LogP contribution in [0.5, 0.6) is 0 Å². The van der Waals surface area contributed by atoms with Crippen molar-refractivity contribution in [3.8, 4) is 0 Å². The number of aliphatic hydroxyl groups excluding tert-OH is 1. The third kappa shape index (κ3) is 17.4. The Balaban J connectivity index is 1.26. The summed E-state index contributed by atoms with van der Waals surface area (Å²) in [5.41, 5.74) is 4.48. The number of ketones is 1. The predicted molar refractivity (Wildman–Crippen MR) is 237 cm³/mol. The number of Topliss-reactive ketones (excluding diaryl/α,β-unsaturated/α-hetero) is 1. The molecule has 0 amide bonds. The molecule has 4 heteroatoms. The molecule has 0 saturated heterocycles. The van der Waals surface area contributed by atoms with Gasteiger partial charge in [-0.15, -0.1) is 0 Å². The zero-order valence-electron chi connectivity index (χ0n) is 35.7. The molecule has 0 aliphatic heterocycles. The van der Waals surface area contributed by atoms with Gasteiger partial charge in [0.2, 0.25) is 0 Å². The number of benzene rings is 2. The molecule has 0 radical (unpaired) electrons. The van der Waals surface area contributed by atoms with Gasteiger partial charge in [-0.05, 0) is 48.2 Å². The molecule has 1 N–H and O–H groups in total. The van der Waals surface area contributed by atoms with E-state index < -0.39 is 5.92 Å². The number of hydrogen-bond donors (Lipinski definition) is 1. The molecule has 2 aromatic carbocycles. The maximum Gasteiger partial charge on any atom is 0.181 e. The monoisotopic (exact) mass is 743 g/mol. The molecular formula is C50H82N2O2. The SMILES string of the molecule is CCCCCCCCCCCCCCCCN(C)c1ccc(C2=C(O)C(c3ccc(N(C)CCCCCCCCCCCCCCCC)cc3)C2=O)cc1. The van der Waals surface area contributed by atoms with Crippen molar-refractivity contribution in [3.63, 3.8) is 0 Å². The second-order valence-corrected chi connectivity index (χ2v) is 16.7. The van der Waals surface area contributed by atoms with E-state index in [0.29, 0.717) is 5.57 Å². The highest BCUT2D eigenvalue weighted by Gasteiger charge is 2.41. The van der Waals surface area contributed by atoms with Crippen LogP contribution in [0.1, 0.15) is 211 Å². The van der Waals surface area contributed by atoms with Gasteiger partial charge in [0.05, 0.1) is 5.57 Å². The number of anilines is 2. The molecular weight excluding hydrogens is 661 g/mol. The number of carbonyl (C=O) groups is 1. The highest BCUT2D eigenvalue weighted by molar-refractivity contribution is 6.31. The summed E-state index contributed by atoms with van der Waals surface area (Å²) >= 11 is 0. The topological polar surface area (TPSA) is 43.8 Å². The van der Waals surface area contributed by atoms with Crippen molar-refractivity contribution in [1.82, 2.24) is 0 Å². The zero-order chi connectivity index (χ0) is 38.6. The van der Waals surface area contributed by atoms with Crippen molar-refractivity contribution < 1.29 is 9.90 Å². The number of aliphatic hydroxyl groups is 1. The number of hydrogen-bond acceptors (Lipinski definition) is 4. The van der Waals surface area contributed by atoms with Gasteiger partial charge in [-0.2, -0.15) is 0 Å². The Hall–Kier alpha value is -2.75. The van der Waals surface area contributed by atoms with Crippen LogP contribution in [-0.2, 0) is 4.79 Å². The summed E-state index contributed by atoms with van der Waals surface area (Å²) in [6, 6.07) is 16.4. The molecule has 54 heavy (non-hydrogen) atoms. The highest BCUT2D eigenvalue weighted by Crippen LogP contribution is 2.43. The van der Waals surface area contributed by atoms with Gasteiger partial charge in [0, 0.05) is 38.6 Å². The minimum Gasteiger partial charge on any atom is -0.510 e. The fraction of sp³-hybridized carbons (Fsp3) is 0.700. The fourth-order valence-corrected chi connectivity index (χ4v) is 8.21. The van der Waals surface area contributed by atoms with Crippen molar-refractivity contribution in [2.75, 3.05) is 37.0 Å². The van der Waals surface area contributed by atoms with Crippen molar-refractivity contribution in [2.24, 2.45) is 0 Å². The van der Waals surface area contributed by atoms with Crippen LogP contribution in [0, 0.1) is 0 Å². The highest BCUT2D eigenvalue weighted by atomic mass is 16.3. The van der Waals surface area contributed by atoms with Gasteiger partial charge in [-0.25, -0.2) is 0 Å². The average molecular weight is 743 g/mol. The van der Waals surface area contributed by atoms with Gasteiger partial charge in [0.1, 0.15) is 11.7 Å². The third-order valence-electron chi connectivity index (χ3n) is 12.0. The molecule has 304 valence electrons. The smallest absolute Gasteiger partial charge is 0.181 e. The molecule has 4 nitrogen and oxygen atoms in total. The van der Waals surface area contributed by atoms with E-state index in [1.54, 1.807) is 0 Å². The number of carbonyl (C=O) groups excluding carboxylic acids is 1. The molecule has 3 rings (SSSR count). The Morgan fingerprint density at radius 2 is 0.741 bits per heavy atom. The maximum absolute atomic E-state index is 13.3. The first-order valence-corrected chi connectivity index (χ1v) is 23.1. The van der Waals surface area contributed by atoms with Crippen molar-refractivity contribution in [3.05, 3.63) is 65.4 Å². The third-order valence-corrected chi connectivity index (χ3v) is 12.0. The molecule has 1 atom stereocenters. The Kier molecular flexibility index (Phi) is 24.2. The van der Waals surface area contributed by atoms with Gasteiger partial charge in [0.15, 0.2) is 5.78 Å². The average Bonchev–Trinajstić information content (AvgIpc) is 3.18. The maximum atomic E-state index is 13.3. The Bertz CT molecular complexity index is 1270. The molecule has 0 aromatic heterocycles. The van der Waals surface area contributed by atoms with Crippen LogP contribution in [0.15, 0.2) is 54.3 Å². The number of allylic oxidation sites excluding steroid dienone is 2. The van der Waals surface area contributed by atoms with E-state index in [2.05, 4.69) is 62.0 Å². The van der Waals surface area contributed by atoms with E-state index in [-0.39, 0.29) is 11.5 Å². The summed E-state index contributed by atoms with van der Waals surface area (Å²) in [6.07, 6.45) is 38.6. The lowest BCUT2D eigenvalue weighted by Gasteiger charge is -2.29. The molecule has 1 unspecified atom stereocenters. The second kappa shape index (κ2) is 28.6. The second-order valence-electron chi connectivity index (χ2n) is 16.7. The lowest BCUT2D eigenvalue weighted by atomic mass is 9.75. The molecule has 0 bridgehead atoms. The Labute approximate surface area is 333 Å². The minimum absolute atomic E-state index is 0.0135. The molecule has 0 spiro atoms. The van der Waals surface area contributed by atoms with Gasteiger partial charge in [0.25, 0.3) is 0 Å². The van der Waals surface area contributed by atoms with E-state index >= 15 is 0 Å². The van der Waals surface area contributed by atoms with Crippen LogP contribution < -0.4 is 9.80 Å². The van der Waals surface area contributed by atoms with Gasteiger partial charge in [-0.1, -0.05) is 205 Å². The van der Waals surface area contributed by atoms with Crippen LogP contribution in [0.2, 0.25) is 0 Å². The summed E-state index contributed by atoms with van der Waals surface area (Å²) in [4.78, 5) is 17.9. The summed E-state index contributed by atoms with van der Waals surface area (Å²) < 4.78 is 0. The van der Waals surface area contributed by atoms with Gasteiger partial charge in [-0.3, -0.25) is 4.79 Å². The fourth-order valence-electron chi connectivity index (χ4n) is 8.21. The summed E-state index contributed by atoms with van der Waals surface area (Å²) in [6.45, 7) is 6.66. The van der Waals surface area contributed by atoms with Crippen molar-refractivity contribution >= 4 is 22.7 Å². The molecule has 0 saturated carbocycles. The van der Waals surface area contributed by atoms with Crippen LogP contribution in [0.3, 0.4) is 0 Å². The van der Waals surface area contributed by atoms with Gasteiger partial charge < -0.3 is 14.9 Å². The minimum atomic E-state index is -0.548. The van der Waals surface area contributed by atoms with E-state index in [4.69, 9.17) is 0 Å². The Morgan fingerprint density at radius 3 is 1.06 bits per heavy atom. The molecule has 1 aliphatic carbocycles. The predicted octanol–water partition coefficient (Wildman–Crippen LogP) is 15.2. The van der Waals surface area contributed by atoms with Crippen LogP contribution in [-0.4, -0.2) is 38.1 Å². The zero-order valence-corrected chi connectivity index (χ0v) is 35.7. The van der Waals surface area contributed by atoms with Crippen molar-refractivity contribution in [1.29, 1.82) is 0 Å². The lowest BCUT2D eigenvalue weighted by Crippen LogP contribution is -2.28. The first-order chi connectivity index (χ1) is 26.5. The van der Waals surface area contributed by atoms with E-state index in [1.807, 2.05) is 24.3 Å². The largest absolute Gasteiger partial charge is 0.510 e. The molecule has 0 fully saturated rings. The summed E-state index contributed by atoms with van der Waals surface area (Å²) in [5.74, 6) is -0.334. The summed E-state index contributed by atoms with van der Waals surface area (Å²) in [5, 5.41) is 11.0. The van der Waals surface area contributed by atoms with E-state index in [9.17, 15) is 9.90 Å². The lowest BCUT2D eigenvalue weighted by molar-refractivity contribution is -0.116. The van der Waals surface area contributed by atoms with Crippen molar-refractivity contribution in [2.45, 2.75) is 200 Å². The summed E-state index contributed by atoms with van der Waals surface area (Å²) in [7, 11) is 4.31. The Morgan fingerprint density at radius 1 is 0.444 bits per heavy atom. The number of nitrogens with zero attached hydrogens (tertiary/aromatic N) is 2. The standard InChI is InChI=1S/C50H82N2O2/c1-5-7-9-11-13-15-17-19-21-23-25-27-29-31-41-51(3)45-37-33-43(34-38-45)47-49(53)48(50(47)54)44-35-39-46(40-36-44)52(4)42-32-30-28-26-24-22-20-18-16-14-12-10-8-6-2/h33-40,47,53H,5-32,41-42H2,1-4H3. The van der Waals surface area contributed by atoms with Crippen LogP contribution >= 0.6 is 0 Å². The first-order valence-electron chi connectivity index (χ1n) is 23.1. The van der Waals surface area contributed by atoms with E-state index in [0.717, 1.165) is 35.6 Å². The molecule has 1 aliphatic rings. The van der Waals surface area contributed by atoms with Gasteiger partial charge >= 0.3 is 0 Å². The van der Waals surface area contributed by atoms with Crippen LogP contribution in [0.4, 0.5) is 11.4 Å².